The largest absolute Gasteiger partial charge is 0.491 e. The lowest BCUT2D eigenvalue weighted by Crippen LogP contribution is -2.54. The molecule has 3 N–H and O–H groups in total. The molecule has 4 aliphatic heterocycles. The van der Waals surface area contributed by atoms with Crippen molar-refractivity contribution >= 4 is 40.9 Å². The zero-order valence-corrected chi connectivity index (χ0v) is 40.8. The van der Waals surface area contributed by atoms with E-state index < -0.39 is 65.0 Å². The summed E-state index contributed by atoms with van der Waals surface area (Å²) in [5.74, 6) is 2.79. The summed E-state index contributed by atoms with van der Waals surface area (Å²) in [7, 11) is 1.47. The smallest absolute Gasteiger partial charge is 0.421 e. The van der Waals surface area contributed by atoms with Crippen LogP contribution in [0, 0.1) is 17.8 Å². The fraction of sp³-hybridized carbons (Fsp3) is 0.379. The molecule has 15 nitrogen and oxygen atoms in total. The van der Waals surface area contributed by atoms with Gasteiger partial charge in [-0.1, -0.05) is 104 Å². The van der Waals surface area contributed by atoms with Gasteiger partial charge in [0, 0.05) is 42.7 Å². The van der Waals surface area contributed by atoms with E-state index in [1.54, 1.807) is 54.6 Å². The molecule has 378 valence electrons. The molecule has 73 heavy (non-hydrogen) atoms. The maximum atomic E-state index is 16.7. The van der Waals surface area contributed by atoms with Crippen molar-refractivity contribution in [3.8, 4) is 17.6 Å². The van der Waals surface area contributed by atoms with Crippen LogP contribution in [0.15, 0.2) is 127 Å². The van der Waals surface area contributed by atoms with Gasteiger partial charge >= 0.3 is 12.1 Å². The highest BCUT2D eigenvalue weighted by atomic mass is 16.6. The summed E-state index contributed by atoms with van der Waals surface area (Å²) in [4.78, 5) is 68.2. The number of aliphatic hydroxyl groups is 2. The molecule has 1 spiro atoms. The number of fused-ring (bicyclic) bond motifs is 3. The Hall–Kier alpha value is -7.06. The third-order valence-electron chi connectivity index (χ3n) is 14.9. The SMILES string of the molecule is COCCOC(=O)N1C(=O)C2(c3cc(C#CC4(O)CCCCCC4)ccc31)C(C(=O)Nc1ccc(N3CCOCC3)cc1)C1C(=O)OC(c3ccccc3)C(c3ccccc3)N1C2c1ccccc1OCCO. The van der Waals surface area contributed by atoms with Gasteiger partial charge < -0.3 is 44.1 Å². The molecule has 3 amide bonds. The molecule has 3 saturated heterocycles. The second kappa shape index (κ2) is 21.6. The van der Waals surface area contributed by atoms with Gasteiger partial charge in [-0.15, -0.1) is 0 Å². The zero-order valence-electron chi connectivity index (χ0n) is 40.8. The van der Waals surface area contributed by atoms with Crippen molar-refractivity contribution < 1.29 is 53.1 Å². The third-order valence-corrected chi connectivity index (χ3v) is 14.9. The number of hydrogen-bond acceptors (Lipinski definition) is 13. The Labute approximate surface area is 424 Å². The summed E-state index contributed by atoms with van der Waals surface area (Å²) in [6, 6.07) is 34.7. The van der Waals surface area contributed by atoms with Crippen molar-refractivity contribution in [1.29, 1.82) is 0 Å². The number of morpholine rings is 2. The minimum Gasteiger partial charge on any atom is -0.491 e. The summed E-state index contributed by atoms with van der Waals surface area (Å²) < 4.78 is 29.6. The van der Waals surface area contributed by atoms with Crippen molar-refractivity contribution in [2.24, 2.45) is 5.92 Å². The number of para-hydroxylation sites is 1. The lowest BCUT2D eigenvalue weighted by Gasteiger charge is -2.46. The van der Waals surface area contributed by atoms with Crippen LogP contribution in [0.4, 0.5) is 21.9 Å². The number of hydrogen-bond donors (Lipinski definition) is 3. The predicted molar refractivity (Wildman–Crippen MR) is 272 cm³/mol. The monoisotopic (exact) mass is 988 g/mol. The first-order valence-electron chi connectivity index (χ1n) is 25.2. The number of ether oxygens (including phenoxy) is 5. The van der Waals surface area contributed by atoms with Gasteiger partial charge in [-0.05, 0) is 90.9 Å². The second-order valence-electron chi connectivity index (χ2n) is 19.2. The van der Waals surface area contributed by atoms with E-state index in [2.05, 4.69) is 22.1 Å². The summed E-state index contributed by atoms with van der Waals surface area (Å²) >= 11 is 0. The molecule has 5 aliphatic rings. The first kappa shape index (κ1) is 49.5. The van der Waals surface area contributed by atoms with Crippen LogP contribution < -0.4 is 19.9 Å². The fourth-order valence-electron chi connectivity index (χ4n) is 11.6. The van der Waals surface area contributed by atoms with E-state index in [1.165, 1.54) is 7.11 Å². The molecule has 6 atom stereocenters. The van der Waals surface area contributed by atoms with E-state index >= 15 is 14.4 Å². The van der Waals surface area contributed by atoms with E-state index in [-0.39, 0.29) is 43.4 Å². The number of nitrogens with zero attached hydrogens (tertiary/aromatic N) is 3. The summed E-state index contributed by atoms with van der Waals surface area (Å²) in [5.41, 5.74) is 0.511. The fourth-order valence-corrected chi connectivity index (χ4v) is 11.6. The van der Waals surface area contributed by atoms with Crippen LogP contribution in [0.25, 0.3) is 0 Å². The van der Waals surface area contributed by atoms with Gasteiger partial charge in [-0.3, -0.25) is 19.3 Å². The van der Waals surface area contributed by atoms with Gasteiger partial charge in [0.05, 0.1) is 50.1 Å². The van der Waals surface area contributed by atoms with E-state index in [0.29, 0.717) is 61.5 Å². The van der Waals surface area contributed by atoms with E-state index in [1.807, 2.05) is 77.7 Å². The molecule has 5 aromatic rings. The average Bonchev–Trinajstić information content (AvgIpc) is 3.77. The molecule has 6 unspecified atom stereocenters. The van der Waals surface area contributed by atoms with Gasteiger partial charge in [0.25, 0.3) is 0 Å². The topological polar surface area (TPSA) is 177 Å². The van der Waals surface area contributed by atoms with Gasteiger partial charge in [0.2, 0.25) is 11.8 Å². The Bertz CT molecular complexity index is 2860. The van der Waals surface area contributed by atoms with E-state index in [0.717, 1.165) is 41.8 Å². The van der Waals surface area contributed by atoms with Crippen LogP contribution >= 0.6 is 0 Å². The van der Waals surface area contributed by atoms with Crippen molar-refractivity contribution in [1.82, 2.24) is 4.90 Å². The van der Waals surface area contributed by atoms with Gasteiger partial charge in [0.1, 0.15) is 42.1 Å². The number of anilines is 3. The Kier molecular flexibility index (Phi) is 14.6. The molecule has 0 aromatic heterocycles. The van der Waals surface area contributed by atoms with Crippen LogP contribution in [0.5, 0.6) is 5.75 Å². The summed E-state index contributed by atoms with van der Waals surface area (Å²) in [5, 5.41) is 25.1. The normalized spacial score (nSPS) is 24.4. The lowest BCUT2D eigenvalue weighted by molar-refractivity contribution is -0.177. The second-order valence-corrected chi connectivity index (χ2v) is 19.2. The maximum Gasteiger partial charge on any atom is 0.421 e. The molecule has 1 saturated carbocycles. The van der Waals surface area contributed by atoms with Gasteiger partial charge in [-0.25, -0.2) is 9.69 Å². The summed E-state index contributed by atoms with van der Waals surface area (Å²) in [6.07, 6.45) is 2.64. The molecule has 10 rings (SSSR count). The number of rotatable bonds is 12. The number of methoxy groups -OCH3 is 1. The minimum atomic E-state index is -2.15. The molecular formula is C58H60N4O11. The first-order chi connectivity index (χ1) is 35.7. The quantitative estimate of drug-likeness (QED) is 0.0488. The van der Waals surface area contributed by atoms with Crippen LogP contribution in [0.3, 0.4) is 0 Å². The minimum absolute atomic E-state index is 0.0398. The van der Waals surface area contributed by atoms with Crippen molar-refractivity contribution in [2.75, 3.05) is 75.0 Å². The Morgan fingerprint density at radius 1 is 0.795 bits per heavy atom. The summed E-state index contributed by atoms with van der Waals surface area (Å²) in [6.45, 7) is 1.96. The van der Waals surface area contributed by atoms with Crippen LogP contribution in [0.2, 0.25) is 0 Å². The van der Waals surface area contributed by atoms with E-state index in [9.17, 15) is 15.0 Å². The van der Waals surface area contributed by atoms with Crippen molar-refractivity contribution in [3.63, 3.8) is 0 Å². The number of esters is 1. The number of imide groups is 1. The molecule has 4 fully saturated rings. The number of amides is 3. The molecular weight excluding hydrogens is 929 g/mol. The number of cyclic esters (lactones) is 1. The van der Waals surface area contributed by atoms with Crippen LogP contribution in [-0.4, -0.2) is 110 Å². The number of benzene rings is 5. The number of carbonyl (C=O) groups excluding carboxylic acids is 4. The lowest BCUT2D eigenvalue weighted by atomic mass is 9.65. The van der Waals surface area contributed by atoms with Crippen LogP contribution in [0.1, 0.15) is 84.5 Å². The van der Waals surface area contributed by atoms with Crippen molar-refractivity contribution in [3.05, 3.63) is 155 Å². The molecule has 0 bridgehead atoms. The predicted octanol–water partition coefficient (Wildman–Crippen LogP) is 7.42. The van der Waals surface area contributed by atoms with Gasteiger partial charge in [0.15, 0.2) is 0 Å². The molecule has 5 aromatic carbocycles. The number of carbonyl (C=O) groups is 4. The standard InChI is InChI=1S/C58H60N4O11/c1-69-36-37-72-56(67)61-46-25-20-39(26-29-57(68)27-12-2-3-13-28-57)38-45(46)58(55(61)66)48(53(64)59-42-21-23-43(24-22-42)60-30-33-70-34-31-60)50-54(65)73-51(41-16-8-5-9-17-41)49(40-14-6-4-7-15-40)62(50)52(58)44-18-10-11-19-47(44)71-35-32-63/h4-11,14-25,38,48-52,63,68H,2-3,12-13,27-28,30-37H2,1H3,(H,59,64). The third kappa shape index (κ3) is 9.46. The maximum absolute atomic E-state index is 16.7. The molecule has 15 heteroatoms. The van der Waals surface area contributed by atoms with Crippen LogP contribution in [-0.2, 0) is 38.7 Å². The Morgan fingerprint density at radius 2 is 1.48 bits per heavy atom. The number of nitrogens with one attached hydrogen (secondary N) is 1. The highest BCUT2D eigenvalue weighted by Crippen LogP contribution is 2.67. The first-order valence-corrected chi connectivity index (χ1v) is 25.2. The Morgan fingerprint density at radius 3 is 2.18 bits per heavy atom. The molecule has 0 radical (unpaired) electrons. The Balaban J connectivity index is 1.25. The van der Waals surface area contributed by atoms with Crippen molar-refractivity contribution in [2.45, 2.75) is 73.8 Å². The highest BCUT2D eigenvalue weighted by Gasteiger charge is 2.76. The zero-order chi connectivity index (χ0) is 50.5. The van der Waals surface area contributed by atoms with Gasteiger partial charge in [-0.2, -0.15) is 0 Å². The average molecular weight is 989 g/mol. The van der Waals surface area contributed by atoms with E-state index in [4.69, 9.17) is 23.7 Å². The highest BCUT2D eigenvalue weighted by molar-refractivity contribution is 6.24. The molecule has 1 aliphatic carbocycles. The molecule has 4 heterocycles. The number of aliphatic hydroxyl groups excluding tert-OH is 1.